The minimum Gasteiger partial charge on any atom is -0.481 e. The van der Waals surface area contributed by atoms with Crippen molar-refractivity contribution in [3.05, 3.63) is 12.2 Å². The molecule has 0 aliphatic heterocycles. The first-order valence-corrected chi connectivity index (χ1v) is 6.58. The molecule has 0 aliphatic carbocycles. The third-order valence-electron chi connectivity index (χ3n) is 2.06. The summed E-state index contributed by atoms with van der Waals surface area (Å²) < 4.78 is 26.8. The second-order valence-electron chi connectivity index (χ2n) is 3.50. The third-order valence-corrected chi connectivity index (χ3v) is 3.47. The first kappa shape index (κ1) is 13.6. The van der Waals surface area contributed by atoms with Crippen LogP contribution in [0.25, 0.3) is 0 Å². The predicted molar refractivity (Wildman–Crippen MR) is 58.5 cm³/mol. The standard InChI is InChI=1S/C8H14N4O4S/c1-12-6-9-11-7(12)5-10-17(15,16)4-2-3-8(13)14/h6,10H,2-5H2,1H3,(H,13,14). The molecule has 0 saturated heterocycles. The van der Waals surface area contributed by atoms with Gasteiger partial charge in [0.05, 0.1) is 12.3 Å². The zero-order chi connectivity index (χ0) is 12.9. The number of carbonyl (C=O) groups is 1. The highest BCUT2D eigenvalue weighted by molar-refractivity contribution is 7.89. The van der Waals surface area contributed by atoms with Gasteiger partial charge in [-0.25, -0.2) is 13.1 Å². The van der Waals surface area contributed by atoms with Gasteiger partial charge in [0.2, 0.25) is 10.0 Å². The van der Waals surface area contributed by atoms with E-state index in [-0.39, 0.29) is 25.1 Å². The maximum atomic E-state index is 11.5. The number of sulfonamides is 1. The van der Waals surface area contributed by atoms with Crippen molar-refractivity contribution in [3.63, 3.8) is 0 Å². The molecule has 0 aromatic carbocycles. The van der Waals surface area contributed by atoms with Crippen molar-refractivity contribution in [1.82, 2.24) is 19.5 Å². The Morgan fingerprint density at radius 1 is 1.59 bits per heavy atom. The summed E-state index contributed by atoms with van der Waals surface area (Å²) in [7, 11) is -1.76. The highest BCUT2D eigenvalue weighted by Crippen LogP contribution is 1.97. The van der Waals surface area contributed by atoms with Crippen molar-refractivity contribution >= 4 is 16.0 Å². The summed E-state index contributed by atoms with van der Waals surface area (Å²) in [5, 5.41) is 15.7. The number of rotatable bonds is 7. The minimum absolute atomic E-state index is 0.0475. The van der Waals surface area contributed by atoms with E-state index in [1.54, 1.807) is 11.6 Å². The van der Waals surface area contributed by atoms with Gasteiger partial charge in [0.25, 0.3) is 0 Å². The monoisotopic (exact) mass is 262 g/mol. The van der Waals surface area contributed by atoms with E-state index < -0.39 is 16.0 Å². The number of aliphatic carboxylic acids is 1. The molecule has 1 heterocycles. The number of aromatic nitrogens is 3. The van der Waals surface area contributed by atoms with E-state index in [2.05, 4.69) is 14.9 Å². The molecule has 2 N–H and O–H groups in total. The van der Waals surface area contributed by atoms with Crippen LogP contribution >= 0.6 is 0 Å². The van der Waals surface area contributed by atoms with E-state index in [1.807, 2.05) is 0 Å². The Kier molecular flexibility index (Phi) is 4.58. The van der Waals surface area contributed by atoms with E-state index in [0.717, 1.165) is 0 Å². The highest BCUT2D eigenvalue weighted by Gasteiger charge is 2.12. The molecule has 0 unspecified atom stereocenters. The van der Waals surface area contributed by atoms with Crippen LogP contribution in [0.15, 0.2) is 6.33 Å². The molecule has 0 fully saturated rings. The van der Waals surface area contributed by atoms with Gasteiger partial charge in [-0.3, -0.25) is 4.79 Å². The maximum Gasteiger partial charge on any atom is 0.303 e. The van der Waals surface area contributed by atoms with Crippen molar-refractivity contribution in [2.24, 2.45) is 7.05 Å². The van der Waals surface area contributed by atoms with Gasteiger partial charge in [-0.1, -0.05) is 0 Å². The molecule has 96 valence electrons. The third kappa shape index (κ3) is 4.91. The lowest BCUT2D eigenvalue weighted by Gasteiger charge is -2.05. The molecular weight excluding hydrogens is 248 g/mol. The summed E-state index contributed by atoms with van der Waals surface area (Å²) in [5.41, 5.74) is 0. The molecule has 9 heteroatoms. The zero-order valence-electron chi connectivity index (χ0n) is 9.33. The van der Waals surface area contributed by atoms with Gasteiger partial charge in [0, 0.05) is 13.5 Å². The molecule has 0 saturated carbocycles. The SMILES string of the molecule is Cn1cnnc1CNS(=O)(=O)CCCC(=O)O. The van der Waals surface area contributed by atoms with Crippen LogP contribution in [0.2, 0.25) is 0 Å². The van der Waals surface area contributed by atoms with Crippen LogP contribution in [0.3, 0.4) is 0 Å². The Morgan fingerprint density at radius 2 is 2.29 bits per heavy atom. The molecular formula is C8H14N4O4S. The van der Waals surface area contributed by atoms with Crippen LogP contribution < -0.4 is 4.72 Å². The normalized spacial score (nSPS) is 11.6. The average Bonchev–Trinajstić information content (AvgIpc) is 2.60. The lowest BCUT2D eigenvalue weighted by Crippen LogP contribution is -2.27. The molecule has 1 rings (SSSR count). The second kappa shape index (κ2) is 5.73. The summed E-state index contributed by atoms with van der Waals surface area (Å²) >= 11 is 0. The summed E-state index contributed by atoms with van der Waals surface area (Å²) in [6.07, 6.45) is 1.39. The smallest absolute Gasteiger partial charge is 0.303 e. The summed E-state index contributed by atoms with van der Waals surface area (Å²) in [4.78, 5) is 10.2. The molecule has 8 nitrogen and oxygen atoms in total. The van der Waals surface area contributed by atoms with Crippen LogP contribution in [0.1, 0.15) is 18.7 Å². The van der Waals surface area contributed by atoms with Crippen molar-refractivity contribution in [3.8, 4) is 0 Å². The quantitative estimate of drug-likeness (QED) is 0.658. The average molecular weight is 262 g/mol. The molecule has 0 amide bonds. The van der Waals surface area contributed by atoms with Crippen LogP contribution in [-0.2, 0) is 28.4 Å². The fraction of sp³-hybridized carbons (Fsp3) is 0.625. The minimum atomic E-state index is -3.46. The number of hydrogen-bond acceptors (Lipinski definition) is 5. The van der Waals surface area contributed by atoms with Crippen molar-refractivity contribution < 1.29 is 18.3 Å². The van der Waals surface area contributed by atoms with Gasteiger partial charge in [0.1, 0.15) is 12.2 Å². The molecule has 0 bridgehead atoms. The van der Waals surface area contributed by atoms with Gasteiger partial charge in [-0.15, -0.1) is 10.2 Å². The van der Waals surface area contributed by atoms with E-state index in [1.165, 1.54) is 6.33 Å². The van der Waals surface area contributed by atoms with E-state index >= 15 is 0 Å². The number of nitrogens with one attached hydrogen (secondary N) is 1. The number of nitrogens with zero attached hydrogens (tertiary/aromatic N) is 3. The van der Waals surface area contributed by atoms with Crippen molar-refractivity contribution in [1.29, 1.82) is 0 Å². The summed E-state index contributed by atoms with van der Waals surface area (Å²) in [6.45, 7) is 0.0475. The van der Waals surface area contributed by atoms with Crippen molar-refractivity contribution in [2.45, 2.75) is 19.4 Å². The topological polar surface area (TPSA) is 114 Å². The second-order valence-corrected chi connectivity index (χ2v) is 5.42. The van der Waals surface area contributed by atoms with Crippen LogP contribution in [0.5, 0.6) is 0 Å². The molecule has 0 spiro atoms. The molecule has 1 aromatic heterocycles. The molecule has 17 heavy (non-hydrogen) atoms. The maximum absolute atomic E-state index is 11.5. The number of aryl methyl sites for hydroxylation is 1. The van der Waals surface area contributed by atoms with E-state index in [9.17, 15) is 13.2 Å². The zero-order valence-corrected chi connectivity index (χ0v) is 10.1. The van der Waals surface area contributed by atoms with Gasteiger partial charge in [-0.2, -0.15) is 0 Å². The van der Waals surface area contributed by atoms with E-state index in [4.69, 9.17) is 5.11 Å². The summed E-state index contributed by atoms with van der Waals surface area (Å²) in [6, 6.07) is 0. The van der Waals surface area contributed by atoms with Gasteiger partial charge < -0.3 is 9.67 Å². The fourth-order valence-electron chi connectivity index (χ4n) is 1.13. The Morgan fingerprint density at radius 3 is 2.82 bits per heavy atom. The number of carboxylic acids is 1. The Balaban J connectivity index is 2.40. The lowest BCUT2D eigenvalue weighted by atomic mass is 10.3. The van der Waals surface area contributed by atoms with Gasteiger partial charge in [0.15, 0.2) is 0 Å². The van der Waals surface area contributed by atoms with Crippen molar-refractivity contribution in [2.75, 3.05) is 5.75 Å². The van der Waals surface area contributed by atoms with Gasteiger partial charge >= 0.3 is 5.97 Å². The summed E-state index contributed by atoms with van der Waals surface area (Å²) in [5.74, 6) is -0.725. The number of carboxylic acid groups (broad SMARTS) is 1. The first-order chi connectivity index (χ1) is 7.91. The van der Waals surface area contributed by atoms with Gasteiger partial charge in [-0.05, 0) is 6.42 Å². The molecule has 0 aliphatic rings. The highest BCUT2D eigenvalue weighted by atomic mass is 32.2. The first-order valence-electron chi connectivity index (χ1n) is 4.93. The van der Waals surface area contributed by atoms with E-state index in [0.29, 0.717) is 5.82 Å². The molecule has 1 aromatic rings. The number of hydrogen-bond donors (Lipinski definition) is 2. The lowest BCUT2D eigenvalue weighted by molar-refractivity contribution is -0.137. The van der Waals surface area contributed by atoms with Crippen LogP contribution in [0.4, 0.5) is 0 Å². The molecule has 0 radical (unpaired) electrons. The van der Waals surface area contributed by atoms with Crippen LogP contribution in [0, 0.1) is 0 Å². The predicted octanol–water partition coefficient (Wildman–Crippen LogP) is -0.901. The van der Waals surface area contributed by atoms with Crippen LogP contribution in [-0.4, -0.2) is 40.0 Å². The largest absolute Gasteiger partial charge is 0.481 e. The Labute approximate surface area is 98.7 Å². The fourth-order valence-corrected chi connectivity index (χ4v) is 2.14. The molecule has 0 atom stereocenters. The Bertz CT molecular complexity index is 481. The Hall–Kier alpha value is -1.48.